The standard InChI is InChI=1S/C26H37ClN4O4/c1-2-34-24-14-23(28)22(27)13-21(24)25(32)29-15-20-17-30(11-12-35-20)16-18-7-9-31(10-8-18)26(33)19-5-3-4-6-19/h5,13-14,18,20H,2-4,6-12,15-17,28H2,1H3,(H,29,32). The van der Waals surface area contributed by atoms with Crippen molar-refractivity contribution >= 4 is 29.1 Å². The smallest absolute Gasteiger partial charge is 0.255 e. The number of nitrogen functional groups attached to an aromatic ring is 1. The number of ether oxygens (including phenoxy) is 2. The molecule has 1 unspecified atom stereocenters. The van der Waals surface area contributed by atoms with Crippen LogP contribution in [-0.4, -0.2) is 80.2 Å². The van der Waals surface area contributed by atoms with Crippen molar-refractivity contribution in [3.63, 3.8) is 0 Å². The normalized spacial score (nSPS) is 21.6. The number of likely N-dealkylation sites (tertiary alicyclic amines) is 1. The molecule has 0 bridgehead atoms. The molecule has 3 aliphatic rings. The number of rotatable bonds is 8. The SMILES string of the molecule is CCOc1cc(N)c(Cl)cc1C(=O)NCC1CN(CC2CCN(C(=O)C3=CCCC3)CC2)CCO1. The van der Waals surface area contributed by atoms with Gasteiger partial charge in [-0.1, -0.05) is 17.7 Å². The van der Waals surface area contributed by atoms with Crippen LogP contribution in [0.25, 0.3) is 0 Å². The van der Waals surface area contributed by atoms with E-state index >= 15 is 0 Å². The minimum absolute atomic E-state index is 0.0801. The molecule has 9 heteroatoms. The molecule has 0 radical (unpaired) electrons. The maximum absolute atomic E-state index is 12.8. The largest absolute Gasteiger partial charge is 0.493 e. The highest BCUT2D eigenvalue weighted by Gasteiger charge is 2.29. The van der Waals surface area contributed by atoms with E-state index in [2.05, 4.69) is 16.3 Å². The molecule has 2 aliphatic heterocycles. The van der Waals surface area contributed by atoms with Crippen molar-refractivity contribution in [2.75, 3.05) is 58.2 Å². The highest BCUT2D eigenvalue weighted by molar-refractivity contribution is 6.33. The van der Waals surface area contributed by atoms with Crippen LogP contribution in [0.3, 0.4) is 0 Å². The number of nitrogens with zero attached hydrogens (tertiary/aromatic N) is 2. The van der Waals surface area contributed by atoms with Crippen molar-refractivity contribution < 1.29 is 19.1 Å². The molecular weight excluding hydrogens is 468 g/mol. The first-order valence-corrected chi connectivity index (χ1v) is 13.1. The molecule has 2 saturated heterocycles. The minimum atomic E-state index is -0.259. The van der Waals surface area contributed by atoms with Gasteiger partial charge in [-0.2, -0.15) is 0 Å². The average Bonchev–Trinajstić information content (AvgIpc) is 3.40. The summed E-state index contributed by atoms with van der Waals surface area (Å²) in [5, 5.41) is 3.29. The number of nitrogens with one attached hydrogen (secondary N) is 1. The van der Waals surface area contributed by atoms with Gasteiger partial charge in [0.15, 0.2) is 0 Å². The van der Waals surface area contributed by atoms with Crippen LogP contribution < -0.4 is 15.8 Å². The van der Waals surface area contributed by atoms with E-state index in [1.54, 1.807) is 12.1 Å². The van der Waals surface area contributed by atoms with Crippen LogP contribution in [-0.2, 0) is 9.53 Å². The number of nitrogens with two attached hydrogens (primary N) is 1. The molecule has 1 atom stereocenters. The molecule has 3 N–H and O–H groups in total. The zero-order chi connectivity index (χ0) is 24.8. The van der Waals surface area contributed by atoms with Crippen LogP contribution in [0.5, 0.6) is 5.75 Å². The van der Waals surface area contributed by atoms with Crippen LogP contribution >= 0.6 is 11.6 Å². The highest BCUT2D eigenvalue weighted by atomic mass is 35.5. The molecule has 1 aliphatic carbocycles. The van der Waals surface area contributed by atoms with Gasteiger partial charge in [0, 0.05) is 50.9 Å². The summed E-state index contributed by atoms with van der Waals surface area (Å²) in [6.07, 6.45) is 7.19. The van der Waals surface area contributed by atoms with Crippen molar-refractivity contribution in [1.82, 2.24) is 15.1 Å². The lowest BCUT2D eigenvalue weighted by atomic mass is 9.95. The predicted octanol–water partition coefficient (Wildman–Crippen LogP) is 3.10. The molecule has 0 spiro atoms. The van der Waals surface area contributed by atoms with E-state index in [4.69, 9.17) is 26.8 Å². The van der Waals surface area contributed by atoms with E-state index in [-0.39, 0.29) is 17.9 Å². The molecule has 192 valence electrons. The van der Waals surface area contributed by atoms with Gasteiger partial charge in [0.1, 0.15) is 5.75 Å². The molecule has 1 aromatic rings. The minimum Gasteiger partial charge on any atom is -0.493 e. The van der Waals surface area contributed by atoms with Crippen LogP contribution in [0.15, 0.2) is 23.8 Å². The molecule has 0 saturated carbocycles. The Morgan fingerprint density at radius 3 is 2.77 bits per heavy atom. The second-order valence-electron chi connectivity index (χ2n) is 9.62. The number of halogens is 1. The fourth-order valence-electron chi connectivity index (χ4n) is 5.14. The maximum atomic E-state index is 12.8. The lowest BCUT2D eigenvalue weighted by Gasteiger charge is -2.38. The Kier molecular flexibility index (Phi) is 8.92. The van der Waals surface area contributed by atoms with Crippen molar-refractivity contribution in [2.24, 2.45) is 5.92 Å². The molecule has 4 rings (SSSR count). The van der Waals surface area contributed by atoms with E-state index in [1.807, 2.05) is 11.8 Å². The summed E-state index contributed by atoms with van der Waals surface area (Å²) in [5.74, 6) is 0.992. The summed E-state index contributed by atoms with van der Waals surface area (Å²) < 4.78 is 11.5. The maximum Gasteiger partial charge on any atom is 0.255 e. The fourth-order valence-corrected chi connectivity index (χ4v) is 5.31. The number of carbonyl (C=O) groups excluding carboxylic acids is 2. The summed E-state index contributed by atoms with van der Waals surface area (Å²) in [7, 11) is 0. The zero-order valence-corrected chi connectivity index (χ0v) is 21.3. The first kappa shape index (κ1) is 25.8. The molecule has 2 amide bonds. The van der Waals surface area contributed by atoms with Gasteiger partial charge in [-0.05, 0) is 51.0 Å². The van der Waals surface area contributed by atoms with Gasteiger partial charge >= 0.3 is 0 Å². The lowest BCUT2D eigenvalue weighted by Crippen LogP contribution is -2.50. The summed E-state index contributed by atoms with van der Waals surface area (Å²) in [6, 6.07) is 3.13. The number of amides is 2. The Hall–Kier alpha value is -2.29. The van der Waals surface area contributed by atoms with E-state index in [0.717, 1.165) is 70.4 Å². The van der Waals surface area contributed by atoms with Crippen molar-refractivity contribution in [3.8, 4) is 5.75 Å². The number of hydrogen-bond donors (Lipinski definition) is 2. The van der Waals surface area contributed by atoms with E-state index in [1.165, 1.54) is 0 Å². The second kappa shape index (κ2) is 12.1. The van der Waals surface area contributed by atoms with Gasteiger partial charge in [0.05, 0.1) is 35.6 Å². The molecule has 35 heavy (non-hydrogen) atoms. The van der Waals surface area contributed by atoms with Gasteiger partial charge in [-0.15, -0.1) is 0 Å². The topological polar surface area (TPSA) is 97.1 Å². The summed E-state index contributed by atoms with van der Waals surface area (Å²) >= 11 is 6.13. The van der Waals surface area contributed by atoms with Gasteiger partial charge in [-0.25, -0.2) is 0 Å². The summed E-state index contributed by atoms with van der Waals surface area (Å²) in [6.45, 7) is 7.67. The van der Waals surface area contributed by atoms with Crippen LogP contribution in [0.2, 0.25) is 5.02 Å². The van der Waals surface area contributed by atoms with E-state index < -0.39 is 0 Å². The zero-order valence-electron chi connectivity index (χ0n) is 20.6. The highest BCUT2D eigenvalue weighted by Crippen LogP contribution is 2.29. The molecular formula is C26H37ClN4O4. The van der Waals surface area contributed by atoms with E-state index in [9.17, 15) is 9.59 Å². The number of morpholine rings is 1. The number of hydrogen-bond acceptors (Lipinski definition) is 6. The van der Waals surface area contributed by atoms with Crippen LogP contribution in [0, 0.1) is 5.92 Å². The quantitative estimate of drug-likeness (QED) is 0.528. The van der Waals surface area contributed by atoms with Crippen molar-refractivity contribution in [2.45, 2.75) is 45.1 Å². The lowest BCUT2D eigenvalue weighted by molar-refractivity contribution is -0.128. The Bertz CT molecular complexity index is 946. The molecule has 2 heterocycles. The molecule has 8 nitrogen and oxygen atoms in total. The third-order valence-electron chi connectivity index (χ3n) is 7.09. The number of benzene rings is 1. The van der Waals surface area contributed by atoms with E-state index in [0.29, 0.717) is 47.7 Å². The summed E-state index contributed by atoms with van der Waals surface area (Å²) in [4.78, 5) is 29.9. The Labute approximate surface area is 212 Å². The third-order valence-corrected chi connectivity index (χ3v) is 7.42. The van der Waals surface area contributed by atoms with Gasteiger partial charge < -0.3 is 25.4 Å². The van der Waals surface area contributed by atoms with Gasteiger partial charge in [0.2, 0.25) is 5.91 Å². The average molecular weight is 505 g/mol. The van der Waals surface area contributed by atoms with Gasteiger partial charge in [-0.3, -0.25) is 14.5 Å². The molecule has 1 aromatic carbocycles. The Morgan fingerprint density at radius 2 is 2.06 bits per heavy atom. The first-order valence-electron chi connectivity index (χ1n) is 12.8. The van der Waals surface area contributed by atoms with Crippen molar-refractivity contribution in [1.29, 1.82) is 0 Å². The van der Waals surface area contributed by atoms with Crippen LogP contribution in [0.1, 0.15) is 49.4 Å². The first-order chi connectivity index (χ1) is 16.9. The van der Waals surface area contributed by atoms with Gasteiger partial charge in [0.25, 0.3) is 5.91 Å². The fraction of sp³-hybridized carbons (Fsp3) is 0.615. The number of allylic oxidation sites excluding steroid dienone is 1. The Balaban J connectivity index is 1.23. The molecule has 2 fully saturated rings. The predicted molar refractivity (Wildman–Crippen MR) is 137 cm³/mol. The third kappa shape index (κ3) is 6.68. The Morgan fingerprint density at radius 1 is 1.26 bits per heavy atom. The summed E-state index contributed by atoms with van der Waals surface area (Å²) in [5.41, 5.74) is 7.62. The van der Waals surface area contributed by atoms with Crippen molar-refractivity contribution in [3.05, 3.63) is 34.4 Å². The number of carbonyl (C=O) groups is 2. The monoisotopic (exact) mass is 504 g/mol. The number of anilines is 1. The molecule has 0 aromatic heterocycles. The van der Waals surface area contributed by atoms with Crippen LogP contribution in [0.4, 0.5) is 5.69 Å². The number of piperidine rings is 1. The second-order valence-corrected chi connectivity index (χ2v) is 10.0.